The molecule has 1 heterocycles. The summed E-state index contributed by atoms with van der Waals surface area (Å²) in [6, 6.07) is 15.9. The molecule has 0 fully saturated rings. The lowest BCUT2D eigenvalue weighted by molar-refractivity contribution is 0.635. The molecule has 3 aromatic rings. The van der Waals surface area contributed by atoms with Crippen LogP contribution in [0, 0.1) is 6.92 Å². The van der Waals surface area contributed by atoms with Crippen molar-refractivity contribution in [3.8, 4) is 0 Å². The molecule has 2 aromatic carbocycles. The van der Waals surface area contributed by atoms with Crippen LogP contribution in [0.3, 0.4) is 0 Å². The Bertz CT molecular complexity index is 786. The molecule has 0 saturated carbocycles. The molecular weight excluding hydrogens is 282 g/mol. The molecule has 0 saturated heterocycles. The van der Waals surface area contributed by atoms with Crippen LogP contribution in [0.25, 0.3) is 10.9 Å². The summed E-state index contributed by atoms with van der Waals surface area (Å²) in [4.78, 5) is 4.49. The van der Waals surface area contributed by atoms with Crippen molar-refractivity contribution in [2.75, 3.05) is 0 Å². The predicted octanol–water partition coefficient (Wildman–Crippen LogP) is 3.75. The molecule has 0 aliphatic rings. The Balaban J connectivity index is 2.06. The zero-order valence-corrected chi connectivity index (χ0v) is 12.4. The summed E-state index contributed by atoms with van der Waals surface area (Å²) in [6.07, 6.45) is 1.86. The Hall–Kier alpha value is -1.94. The van der Waals surface area contributed by atoms with E-state index in [1.807, 2.05) is 55.6 Å². The highest BCUT2D eigenvalue weighted by atomic mass is 35.5. The minimum absolute atomic E-state index is 0.113. The summed E-state index contributed by atoms with van der Waals surface area (Å²) in [7, 11) is 0. The van der Waals surface area contributed by atoms with Gasteiger partial charge in [0.25, 0.3) is 0 Å². The molecule has 106 valence electrons. The number of hydrogen-bond acceptors (Lipinski definition) is 3. The molecule has 3 N–H and O–H groups in total. The van der Waals surface area contributed by atoms with Crippen molar-refractivity contribution in [2.24, 2.45) is 5.84 Å². The Morgan fingerprint density at radius 3 is 2.67 bits per heavy atom. The lowest BCUT2D eigenvalue weighted by Crippen LogP contribution is -2.29. The van der Waals surface area contributed by atoms with Crippen LogP contribution in [0.4, 0.5) is 0 Å². The summed E-state index contributed by atoms with van der Waals surface area (Å²) in [5.74, 6) is 5.76. The van der Waals surface area contributed by atoms with Gasteiger partial charge < -0.3 is 0 Å². The van der Waals surface area contributed by atoms with E-state index < -0.39 is 0 Å². The van der Waals surface area contributed by atoms with E-state index in [-0.39, 0.29) is 6.04 Å². The maximum atomic E-state index is 6.09. The van der Waals surface area contributed by atoms with Crippen molar-refractivity contribution in [1.82, 2.24) is 10.4 Å². The van der Waals surface area contributed by atoms with Crippen LogP contribution in [0.15, 0.2) is 54.7 Å². The lowest BCUT2D eigenvalue weighted by atomic mass is 9.98. The van der Waals surface area contributed by atoms with Gasteiger partial charge in [-0.15, -0.1) is 0 Å². The first kappa shape index (κ1) is 14.0. The van der Waals surface area contributed by atoms with Gasteiger partial charge in [0.15, 0.2) is 0 Å². The number of halogens is 1. The van der Waals surface area contributed by atoms with Crippen molar-refractivity contribution in [3.63, 3.8) is 0 Å². The molecule has 1 atom stereocenters. The van der Waals surface area contributed by atoms with Crippen molar-refractivity contribution in [3.05, 3.63) is 76.4 Å². The topological polar surface area (TPSA) is 50.9 Å². The number of aromatic nitrogens is 1. The number of fused-ring (bicyclic) bond motifs is 1. The van der Waals surface area contributed by atoms with Crippen molar-refractivity contribution in [1.29, 1.82) is 0 Å². The molecule has 0 radical (unpaired) electrons. The summed E-state index contributed by atoms with van der Waals surface area (Å²) < 4.78 is 0. The summed E-state index contributed by atoms with van der Waals surface area (Å²) in [5.41, 5.74) is 6.96. The Labute approximate surface area is 128 Å². The van der Waals surface area contributed by atoms with Gasteiger partial charge in [-0.3, -0.25) is 10.8 Å². The molecule has 0 amide bonds. The van der Waals surface area contributed by atoms with Gasteiger partial charge in [-0.05, 0) is 41.8 Å². The highest BCUT2D eigenvalue weighted by molar-refractivity contribution is 6.31. The van der Waals surface area contributed by atoms with Gasteiger partial charge in [0.1, 0.15) is 0 Å². The first-order valence-corrected chi connectivity index (χ1v) is 7.13. The number of benzene rings is 2. The highest BCUT2D eigenvalue weighted by Gasteiger charge is 2.14. The molecule has 0 bridgehead atoms. The third-order valence-electron chi connectivity index (χ3n) is 3.63. The van der Waals surface area contributed by atoms with Crippen LogP contribution < -0.4 is 11.3 Å². The Morgan fingerprint density at radius 2 is 1.90 bits per heavy atom. The van der Waals surface area contributed by atoms with E-state index >= 15 is 0 Å². The van der Waals surface area contributed by atoms with Crippen molar-refractivity contribution in [2.45, 2.75) is 13.0 Å². The first-order valence-electron chi connectivity index (χ1n) is 6.76. The van der Waals surface area contributed by atoms with Gasteiger partial charge >= 0.3 is 0 Å². The molecular formula is C17H16ClN3. The maximum absolute atomic E-state index is 6.09. The fourth-order valence-corrected chi connectivity index (χ4v) is 2.60. The zero-order valence-electron chi connectivity index (χ0n) is 11.7. The lowest BCUT2D eigenvalue weighted by Gasteiger charge is -2.18. The standard InChI is InChI=1S/C17H16ClN3/c1-11-8-13(6-7-15(11)18)17(21-19)14-9-12-4-2-3-5-16(12)20-10-14/h2-10,17,21H,19H2,1H3. The monoisotopic (exact) mass is 297 g/mol. The number of para-hydroxylation sites is 1. The van der Waals surface area contributed by atoms with Gasteiger partial charge in [0.2, 0.25) is 0 Å². The fraction of sp³-hybridized carbons (Fsp3) is 0.118. The second-order valence-electron chi connectivity index (χ2n) is 5.07. The second kappa shape index (κ2) is 5.82. The van der Waals surface area contributed by atoms with Gasteiger partial charge in [-0.25, -0.2) is 5.43 Å². The normalized spacial score (nSPS) is 12.5. The summed E-state index contributed by atoms with van der Waals surface area (Å²) in [6.45, 7) is 1.98. The van der Waals surface area contributed by atoms with Crippen LogP contribution in [-0.4, -0.2) is 4.98 Å². The zero-order chi connectivity index (χ0) is 14.8. The van der Waals surface area contributed by atoms with Crippen molar-refractivity contribution < 1.29 is 0 Å². The van der Waals surface area contributed by atoms with E-state index in [1.165, 1.54) is 0 Å². The van der Waals surface area contributed by atoms with E-state index in [2.05, 4.69) is 16.5 Å². The third kappa shape index (κ3) is 2.76. The average Bonchev–Trinajstić information content (AvgIpc) is 2.51. The SMILES string of the molecule is Cc1cc(C(NN)c2cnc3ccccc3c2)ccc1Cl. The largest absolute Gasteiger partial charge is 0.271 e. The highest BCUT2D eigenvalue weighted by Crippen LogP contribution is 2.26. The van der Waals surface area contributed by atoms with Crippen molar-refractivity contribution >= 4 is 22.5 Å². The number of nitrogens with one attached hydrogen (secondary N) is 1. The molecule has 0 aliphatic heterocycles. The van der Waals surface area contributed by atoms with Gasteiger partial charge in [0.05, 0.1) is 11.6 Å². The number of aryl methyl sites for hydroxylation is 1. The summed E-state index contributed by atoms with van der Waals surface area (Å²) in [5, 5.41) is 1.85. The second-order valence-corrected chi connectivity index (χ2v) is 5.48. The number of hydrazine groups is 1. The number of nitrogens with two attached hydrogens (primary N) is 1. The van der Waals surface area contributed by atoms with Crippen LogP contribution in [-0.2, 0) is 0 Å². The first-order chi connectivity index (χ1) is 10.2. The van der Waals surface area contributed by atoms with Gasteiger partial charge in [0, 0.05) is 16.6 Å². The van der Waals surface area contributed by atoms with E-state index in [1.54, 1.807) is 0 Å². The van der Waals surface area contributed by atoms with E-state index in [0.717, 1.165) is 32.6 Å². The molecule has 0 spiro atoms. The molecule has 1 unspecified atom stereocenters. The molecule has 21 heavy (non-hydrogen) atoms. The number of nitrogens with zero attached hydrogens (tertiary/aromatic N) is 1. The van der Waals surface area contributed by atoms with Crippen LogP contribution >= 0.6 is 11.6 Å². The molecule has 0 aliphatic carbocycles. The minimum Gasteiger partial charge on any atom is -0.271 e. The average molecular weight is 298 g/mol. The number of pyridine rings is 1. The Morgan fingerprint density at radius 1 is 1.10 bits per heavy atom. The molecule has 1 aromatic heterocycles. The maximum Gasteiger partial charge on any atom is 0.0725 e. The quantitative estimate of drug-likeness (QED) is 0.572. The fourth-order valence-electron chi connectivity index (χ4n) is 2.48. The number of hydrogen-bond donors (Lipinski definition) is 2. The van der Waals surface area contributed by atoms with Crippen LogP contribution in [0.2, 0.25) is 5.02 Å². The predicted molar refractivity (Wildman–Crippen MR) is 87.1 cm³/mol. The Kier molecular flexibility index (Phi) is 3.88. The summed E-state index contributed by atoms with van der Waals surface area (Å²) >= 11 is 6.09. The van der Waals surface area contributed by atoms with E-state index in [9.17, 15) is 0 Å². The number of rotatable bonds is 3. The molecule has 4 heteroatoms. The molecule has 3 rings (SSSR count). The van der Waals surface area contributed by atoms with Crippen LogP contribution in [0.5, 0.6) is 0 Å². The van der Waals surface area contributed by atoms with E-state index in [0.29, 0.717) is 0 Å². The smallest absolute Gasteiger partial charge is 0.0725 e. The third-order valence-corrected chi connectivity index (χ3v) is 4.05. The van der Waals surface area contributed by atoms with Gasteiger partial charge in [-0.2, -0.15) is 0 Å². The molecule has 3 nitrogen and oxygen atoms in total. The van der Waals surface area contributed by atoms with Crippen LogP contribution in [0.1, 0.15) is 22.7 Å². The minimum atomic E-state index is -0.113. The van der Waals surface area contributed by atoms with Gasteiger partial charge in [-0.1, -0.05) is 41.9 Å². The van der Waals surface area contributed by atoms with E-state index in [4.69, 9.17) is 17.4 Å².